The molecule has 1 amide bonds. The molecule has 0 bridgehead atoms. The van der Waals surface area contributed by atoms with Gasteiger partial charge in [-0.1, -0.05) is 18.7 Å². The van der Waals surface area contributed by atoms with Gasteiger partial charge < -0.3 is 15.2 Å². The average Bonchev–Trinajstić information content (AvgIpc) is 3.35. The van der Waals surface area contributed by atoms with Crippen molar-refractivity contribution in [1.82, 2.24) is 15.2 Å². The molecular weight excluding hydrogens is 379 g/mol. The number of aromatic amines is 1. The minimum Gasteiger partial charge on any atom is -0.365 e. The highest BCUT2D eigenvalue weighted by Gasteiger charge is 2.55. The molecular formula is C24H29FN4O. The van der Waals surface area contributed by atoms with E-state index in [2.05, 4.69) is 26.8 Å². The lowest BCUT2D eigenvalue weighted by molar-refractivity contribution is -0.129. The Morgan fingerprint density at radius 3 is 2.70 bits per heavy atom. The number of aromatic nitrogens is 1. The molecule has 6 heteroatoms. The Morgan fingerprint density at radius 2 is 2.10 bits per heavy atom. The molecule has 2 fully saturated rings. The fraction of sp³-hybridized carbons (Fsp3) is 0.417. The predicted octanol–water partition coefficient (Wildman–Crippen LogP) is 4.33. The van der Waals surface area contributed by atoms with E-state index >= 15 is 0 Å². The van der Waals surface area contributed by atoms with Crippen molar-refractivity contribution in [2.24, 2.45) is 16.3 Å². The van der Waals surface area contributed by atoms with Gasteiger partial charge in [-0.15, -0.1) is 0 Å². The van der Waals surface area contributed by atoms with Crippen LogP contribution < -0.4 is 5.32 Å². The quantitative estimate of drug-likeness (QED) is 0.571. The Hall–Kier alpha value is -2.89. The van der Waals surface area contributed by atoms with Gasteiger partial charge in [0.05, 0.1) is 6.04 Å². The molecule has 2 aliphatic rings. The van der Waals surface area contributed by atoms with Crippen molar-refractivity contribution in [3.8, 4) is 0 Å². The highest BCUT2D eigenvalue weighted by molar-refractivity contribution is 6.00. The van der Waals surface area contributed by atoms with Crippen LogP contribution in [0.2, 0.25) is 0 Å². The van der Waals surface area contributed by atoms with Crippen molar-refractivity contribution in [2.45, 2.75) is 39.2 Å². The zero-order chi connectivity index (χ0) is 21.3. The smallest absolute Gasteiger partial charge is 0.224 e. The number of hydrogen-bond acceptors (Lipinski definition) is 2. The topological polar surface area (TPSA) is 60.5 Å². The van der Waals surface area contributed by atoms with Crippen LogP contribution in [-0.4, -0.2) is 34.7 Å². The number of H-pyrrole nitrogens is 1. The van der Waals surface area contributed by atoms with Gasteiger partial charge >= 0.3 is 0 Å². The van der Waals surface area contributed by atoms with E-state index in [4.69, 9.17) is 0 Å². The molecule has 2 heterocycles. The number of amides is 1. The summed E-state index contributed by atoms with van der Waals surface area (Å²) in [6.45, 7) is 9.38. The lowest BCUT2D eigenvalue weighted by atomic mass is 9.81. The molecule has 1 spiro atoms. The van der Waals surface area contributed by atoms with Crippen molar-refractivity contribution in [3.63, 3.8) is 0 Å². The fourth-order valence-electron chi connectivity index (χ4n) is 4.67. The number of carbonyl (C=O) groups excluding carboxylic acids is 1. The van der Waals surface area contributed by atoms with Crippen LogP contribution in [-0.2, 0) is 4.79 Å². The minimum absolute atomic E-state index is 0.00560. The number of halogens is 1. The second-order valence-corrected chi connectivity index (χ2v) is 8.56. The van der Waals surface area contributed by atoms with Crippen molar-refractivity contribution in [1.29, 1.82) is 0 Å². The van der Waals surface area contributed by atoms with E-state index in [0.717, 1.165) is 55.0 Å². The van der Waals surface area contributed by atoms with Gasteiger partial charge in [0.15, 0.2) is 0 Å². The lowest BCUT2D eigenvalue weighted by Gasteiger charge is -2.40. The molecule has 1 aromatic carbocycles. The molecule has 2 aromatic rings. The van der Waals surface area contributed by atoms with Crippen molar-refractivity contribution >= 4 is 11.7 Å². The van der Waals surface area contributed by atoms with Gasteiger partial charge in [-0.3, -0.25) is 4.79 Å². The number of likely N-dealkylation sites (tertiary alicyclic amines) is 1. The highest BCUT2D eigenvalue weighted by atomic mass is 19.1. The molecule has 2 unspecified atom stereocenters. The summed E-state index contributed by atoms with van der Waals surface area (Å²) in [5.74, 6) is 0.753. The first kappa shape index (κ1) is 20.4. The molecule has 1 aromatic heterocycles. The molecule has 1 saturated heterocycles. The number of benzene rings is 1. The molecule has 4 rings (SSSR count). The second-order valence-electron chi connectivity index (χ2n) is 8.56. The summed E-state index contributed by atoms with van der Waals surface area (Å²) in [7, 11) is 0. The van der Waals surface area contributed by atoms with E-state index in [0.29, 0.717) is 0 Å². The predicted molar refractivity (Wildman–Crippen MR) is 117 cm³/mol. The number of hydrogen-bond donors (Lipinski definition) is 2. The van der Waals surface area contributed by atoms with Gasteiger partial charge in [-0.25, -0.2) is 9.38 Å². The number of piperidine rings is 1. The maximum atomic E-state index is 13.2. The number of nitrogens with one attached hydrogen (secondary N) is 2. The SMILES string of the molecule is C=C/N=C(\c1cc[nH]c1C)N1CCC(C(=O)NC(C)c2ccc(F)cc2)C2(CC2)C1. The zero-order valence-electron chi connectivity index (χ0n) is 17.6. The van der Waals surface area contributed by atoms with Crippen LogP contribution in [0.3, 0.4) is 0 Å². The number of amidine groups is 1. The summed E-state index contributed by atoms with van der Waals surface area (Å²) in [6.07, 6.45) is 6.42. The van der Waals surface area contributed by atoms with E-state index < -0.39 is 0 Å². The van der Waals surface area contributed by atoms with Crippen LogP contribution in [0, 0.1) is 24.1 Å². The summed E-state index contributed by atoms with van der Waals surface area (Å²) >= 11 is 0. The van der Waals surface area contributed by atoms with Gasteiger partial charge in [0, 0.05) is 42.7 Å². The third-order valence-electron chi connectivity index (χ3n) is 6.58. The van der Waals surface area contributed by atoms with Gasteiger partial charge in [0.1, 0.15) is 11.7 Å². The van der Waals surface area contributed by atoms with E-state index in [1.54, 1.807) is 18.3 Å². The van der Waals surface area contributed by atoms with Gasteiger partial charge in [0.2, 0.25) is 5.91 Å². The third-order valence-corrected chi connectivity index (χ3v) is 6.58. The Morgan fingerprint density at radius 1 is 1.37 bits per heavy atom. The van der Waals surface area contributed by atoms with E-state index in [9.17, 15) is 9.18 Å². The summed E-state index contributed by atoms with van der Waals surface area (Å²) in [4.78, 5) is 23.2. The maximum absolute atomic E-state index is 13.2. The molecule has 158 valence electrons. The van der Waals surface area contributed by atoms with Crippen LogP contribution in [0.4, 0.5) is 4.39 Å². The number of carbonyl (C=O) groups is 1. The fourth-order valence-corrected chi connectivity index (χ4v) is 4.67. The molecule has 2 atom stereocenters. The first-order valence-electron chi connectivity index (χ1n) is 10.6. The average molecular weight is 409 g/mol. The monoisotopic (exact) mass is 408 g/mol. The molecule has 0 radical (unpaired) electrons. The van der Waals surface area contributed by atoms with E-state index in [-0.39, 0.29) is 29.1 Å². The standard InChI is InChI=1S/C24H29FN4O/c1-4-26-22(20-9-13-27-17(20)3)29-14-10-21(24(15-29)11-12-24)23(30)28-16(2)18-5-7-19(25)8-6-18/h4-9,13,16,21,27H,1,10-12,14-15H2,2-3H3,(H,28,30)/b26-22+. The van der Waals surface area contributed by atoms with Crippen molar-refractivity contribution < 1.29 is 9.18 Å². The van der Waals surface area contributed by atoms with Gasteiger partial charge in [-0.05, 0) is 62.3 Å². The molecule has 5 nitrogen and oxygen atoms in total. The lowest BCUT2D eigenvalue weighted by Crippen LogP contribution is -2.50. The van der Waals surface area contributed by atoms with E-state index in [1.807, 2.05) is 26.1 Å². The van der Waals surface area contributed by atoms with Crippen LogP contribution >= 0.6 is 0 Å². The first-order valence-corrected chi connectivity index (χ1v) is 10.6. The first-order chi connectivity index (χ1) is 14.4. The third kappa shape index (κ3) is 3.91. The van der Waals surface area contributed by atoms with Crippen LogP contribution in [0.5, 0.6) is 0 Å². The van der Waals surface area contributed by atoms with Crippen molar-refractivity contribution in [3.05, 3.63) is 71.9 Å². The largest absolute Gasteiger partial charge is 0.365 e. The Kier molecular flexibility index (Phi) is 5.50. The number of aryl methyl sites for hydroxylation is 1. The summed E-state index contributed by atoms with van der Waals surface area (Å²) in [5, 5.41) is 3.16. The second kappa shape index (κ2) is 8.09. The Bertz CT molecular complexity index is 958. The highest BCUT2D eigenvalue weighted by Crippen LogP contribution is 2.56. The summed E-state index contributed by atoms with van der Waals surface area (Å²) < 4.78 is 13.2. The maximum Gasteiger partial charge on any atom is 0.224 e. The number of rotatable bonds is 5. The summed E-state index contributed by atoms with van der Waals surface area (Å²) in [6, 6.07) is 8.22. The normalized spacial score (nSPS) is 21.4. The Labute approximate surface area is 177 Å². The Balaban J connectivity index is 1.46. The van der Waals surface area contributed by atoms with Crippen molar-refractivity contribution in [2.75, 3.05) is 13.1 Å². The minimum atomic E-state index is -0.267. The van der Waals surface area contributed by atoms with Crippen LogP contribution in [0.1, 0.15) is 49.0 Å². The van der Waals surface area contributed by atoms with Gasteiger partial charge in [0.25, 0.3) is 0 Å². The molecule has 1 aliphatic heterocycles. The van der Waals surface area contributed by atoms with Crippen LogP contribution in [0.15, 0.2) is 54.3 Å². The summed E-state index contributed by atoms with van der Waals surface area (Å²) in [5.41, 5.74) is 3.08. The van der Waals surface area contributed by atoms with Gasteiger partial charge in [-0.2, -0.15) is 0 Å². The number of aliphatic imine (C=N–C) groups is 1. The molecule has 30 heavy (non-hydrogen) atoms. The zero-order valence-corrected chi connectivity index (χ0v) is 17.6. The number of nitrogens with zero attached hydrogens (tertiary/aromatic N) is 2. The molecule has 1 saturated carbocycles. The molecule has 2 N–H and O–H groups in total. The molecule has 1 aliphatic carbocycles. The van der Waals surface area contributed by atoms with Crippen LogP contribution in [0.25, 0.3) is 0 Å². The van der Waals surface area contributed by atoms with E-state index in [1.165, 1.54) is 12.1 Å².